The Balaban J connectivity index is 0.00000154. The van der Waals surface area contributed by atoms with Gasteiger partial charge in [-0.2, -0.15) is 0 Å². The molecule has 0 unspecified atom stereocenters. The molecule has 0 spiro atoms. The highest BCUT2D eigenvalue weighted by Gasteiger charge is 2.23. The van der Waals surface area contributed by atoms with E-state index in [9.17, 15) is 0 Å². The van der Waals surface area contributed by atoms with E-state index in [1.54, 1.807) is 0 Å². The summed E-state index contributed by atoms with van der Waals surface area (Å²) in [7, 11) is 0. The zero-order chi connectivity index (χ0) is 15.3. The average Bonchev–Trinajstić information content (AvgIpc) is 2.72. The first-order chi connectivity index (χ1) is 8.77. The Bertz CT molecular complexity index is 336. The Labute approximate surface area is 120 Å². The largest absolute Gasteiger partial charge is 0.329 e. The number of aromatic nitrogens is 2. The Hall–Kier alpha value is -0.790. The van der Waals surface area contributed by atoms with Crippen molar-refractivity contribution >= 4 is 0 Å². The molecule has 1 aromatic rings. The number of hydrogen-bond donors (Lipinski definition) is 0. The maximum atomic E-state index is 4.91. The third-order valence-corrected chi connectivity index (χ3v) is 3.13. The lowest BCUT2D eigenvalue weighted by molar-refractivity contribution is 0.517. The van der Waals surface area contributed by atoms with Gasteiger partial charge in [-0.1, -0.05) is 55.4 Å². The van der Waals surface area contributed by atoms with Crippen LogP contribution in [0.4, 0.5) is 0 Å². The van der Waals surface area contributed by atoms with E-state index in [1.807, 2.05) is 13.8 Å². The molecular formula is C17H34N2. The van der Waals surface area contributed by atoms with Gasteiger partial charge in [0.2, 0.25) is 0 Å². The fraction of sp³-hybridized carbons (Fsp3) is 0.824. The summed E-state index contributed by atoms with van der Waals surface area (Å²) in [5.74, 6) is 2.77. The first kappa shape index (κ1) is 18.2. The molecule has 2 nitrogen and oxygen atoms in total. The lowest BCUT2D eigenvalue weighted by Crippen LogP contribution is -2.12. The minimum absolute atomic E-state index is 0.488. The topological polar surface area (TPSA) is 17.8 Å². The molecule has 0 aliphatic rings. The smallest absolute Gasteiger partial charge is 0.112 e. The van der Waals surface area contributed by atoms with E-state index in [-0.39, 0.29) is 0 Å². The van der Waals surface area contributed by atoms with Crippen molar-refractivity contribution in [3.63, 3.8) is 0 Å². The molecule has 0 amide bonds. The van der Waals surface area contributed by atoms with Gasteiger partial charge in [0.05, 0.1) is 5.69 Å². The average molecular weight is 266 g/mol. The second-order valence-corrected chi connectivity index (χ2v) is 6.17. The lowest BCUT2D eigenvalue weighted by atomic mass is 10.0. The van der Waals surface area contributed by atoms with E-state index in [1.165, 1.54) is 17.2 Å². The molecule has 0 fully saturated rings. The van der Waals surface area contributed by atoms with E-state index in [4.69, 9.17) is 4.98 Å². The maximum absolute atomic E-state index is 4.91. The van der Waals surface area contributed by atoms with Crippen LogP contribution in [0.15, 0.2) is 0 Å². The molecule has 0 N–H and O–H groups in total. The van der Waals surface area contributed by atoms with Crippen molar-refractivity contribution in [2.45, 2.75) is 93.0 Å². The van der Waals surface area contributed by atoms with E-state index in [0.29, 0.717) is 23.8 Å². The van der Waals surface area contributed by atoms with Gasteiger partial charge < -0.3 is 4.57 Å². The normalized spacial score (nSPS) is 11.5. The van der Waals surface area contributed by atoms with Crippen LogP contribution in [-0.4, -0.2) is 9.55 Å². The van der Waals surface area contributed by atoms with Crippen molar-refractivity contribution in [1.82, 2.24) is 9.55 Å². The Morgan fingerprint density at radius 1 is 0.737 bits per heavy atom. The monoisotopic (exact) mass is 266 g/mol. The molecule has 1 rings (SSSR count). The molecule has 0 radical (unpaired) electrons. The van der Waals surface area contributed by atoms with Crippen LogP contribution in [0.3, 0.4) is 0 Å². The Morgan fingerprint density at radius 2 is 1.21 bits per heavy atom. The summed E-state index contributed by atoms with van der Waals surface area (Å²) >= 11 is 0. The summed E-state index contributed by atoms with van der Waals surface area (Å²) in [6.07, 6.45) is 0. The molecule has 0 bridgehead atoms. The van der Waals surface area contributed by atoms with Gasteiger partial charge in [0.25, 0.3) is 0 Å². The minimum atomic E-state index is 0.488. The van der Waals surface area contributed by atoms with E-state index in [2.05, 4.69) is 60.0 Å². The van der Waals surface area contributed by atoms with Crippen molar-refractivity contribution in [2.75, 3.05) is 0 Å². The molecular weight excluding hydrogens is 232 g/mol. The number of hydrogen-bond acceptors (Lipinski definition) is 1. The number of nitrogens with zero attached hydrogens (tertiary/aromatic N) is 2. The molecule has 0 aromatic carbocycles. The maximum Gasteiger partial charge on any atom is 0.112 e. The molecule has 1 aromatic heterocycles. The summed E-state index contributed by atoms with van der Waals surface area (Å²) in [5, 5.41) is 0. The fourth-order valence-corrected chi connectivity index (χ4v) is 2.43. The van der Waals surface area contributed by atoms with Crippen LogP contribution in [0, 0.1) is 0 Å². The zero-order valence-electron chi connectivity index (χ0n) is 14.7. The van der Waals surface area contributed by atoms with Crippen LogP contribution in [0.25, 0.3) is 0 Å². The van der Waals surface area contributed by atoms with Crippen molar-refractivity contribution in [3.05, 3.63) is 17.2 Å². The van der Waals surface area contributed by atoms with Gasteiger partial charge in [0.15, 0.2) is 0 Å². The van der Waals surface area contributed by atoms with Crippen LogP contribution in [0.2, 0.25) is 0 Å². The van der Waals surface area contributed by atoms with E-state index >= 15 is 0 Å². The fourth-order valence-electron chi connectivity index (χ4n) is 2.43. The van der Waals surface area contributed by atoms with Crippen molar-refractivity contribution in [1.29, 1.82) is 0 Å². The summed E-state index contributed by atoms with van der Waals surface area (Å²) in [6.45, 7) is 22.0. The molecule has 0 atom stereocenters. The molecule has 0 saturated carbocycles. The Kier molecular flexibility index (Phi) is 7.39. The highest BCUT2D eigenvalue weighted by Crippen LogP contribution is 2.32. The lowest BCUT2D eigenvalue weighted by Gasteiger charge is -2.20. The van der Waals surface area contributed by atoms with Crippen molar-refractivity contribution < 1.29 is 0 Å². The van der Waals surface area contributed by atoms with Gasteiger partial charge in [-0.25, -0.2) is 4.98 Å². The van der Waals surface area contributed by atoms with Crippen LogP contribution < -0.4 is 0 Å². The van der Waals surface area contributed by atoms with Crippen LogP contribution in [0.1, 0.15) is 110 Å². The van der Waals surface area contributed by atoms with Crippen LogP contribution in [0.5, 0.6) is 0 Å². The molecule has 0 aliphatic heterocycles. The van der Waals surface area contributed by atoms with E-state index < -0.39 is 0 Å². The molecule has 112 valence electrons. The summed E-state index contributed by atoms with van der Waals surface area (Å²) < 4.78 is 2.45. The predicted octanol–water partition coefficient (Wildman–Crippen LogP) is 5.86. The number of rotatable bonds is 4. The van der Waals surface area contributed by atoms with Crippen LogP contribution in [-0.2, 0) is 0 Å². The van der Waals surface area contributed by atoms with Crippen molar-refractivity contribution in [3.8, 4) is 0 Å². The molecule has 1 heterocycles. The zero-order valence-corrected chi connectivity index (χ0v) is 14.7. The molecule has 0 saturated heterocycles. The quantitative estimate of drug-likeness (QED) is 0.667. The van der Waals surface area contributed by atoms with Gasteiger partial charge >= 0.3 is 0 Å². The number of imidazole rings is 1. The van der Waals surface area contributed by atoms with E-state index in [0.717, 1.165) is 0 Å². The van der Waals surface area contributed by atoms with Gasteiger partial charge in [-0.15, -0.1) is 0 Å². The standard InChI is InChI=1S/C15H28N2.C2H6/c1-9(2)13-14(10(3)4)17(12(7)8)15(16-13)11(5)6;1-2/h9-12H,1-8H3;1-2H3. The molecule has 0 aliphatic carbocycles. The Morgan fingerprint density at radius 3 is 1.47 bits per heavy atom. The molecule has 19 heavy (non-hydrogen) atoms. The second-order valence-electron chi connectivity index (χ2n) is 6.17. The summed E-state index contributed by atoms with van der Waals surface area (Å²) in [6, 6.07) is 0.491. The third-order valence-electron chi connectivity index (χ3n) is 3.13. The highest BCUT2D eigenvalue weighted by molar-refractivity contribution is 5.25. The summed E-state index contributed by atoms with van der Waals surface area (Å²) in [4.78, 5) is 4.91. The van der Waals surface area contributed by atoms with Gasteiger partial charge in [-0.3, -0.25) is 0 Å². The van der Waals surface area contributed by atoms with Gasteiger partial charge in [0, 0.05) is 17.7 Å². The predicted molar refractivity (Wildman–Crippen MR) is 86.2 cm³/mol. The van der Waals surface area contributed by atoms with Gasteiger partial charge in [0.1, 0.15) is 5.82 Å². The first-order valence-electron chi connectivity index (χ1n) is 7.89. The second kappa shape index (κ2) is 7.72. The summed E-state index contributed by atoms with van der Waals surface area (Å²) in [5.41, 5.74) is 2.72. The highest BCUT2D eigenvalue weighted by atomic mass is 15.1. The SMILES string of the molecule is CC.CC(C)c1nc(C(C)C)n(C(C)C)c1C(C)C. The van der Waals surface area contributed by atoms with Crippen molar-refractivity contribution in [2.24, 2.45) is 0 Å². The molecule has 2 heteroatoms. The first-order valence-corrected chi connectivity index (χ1v) is 7.89. The third kappa shape index (κ3) is 4.09. The van der Waals surface area contributed by atoms with Crippen LogP contribution >= 0.6 is 0 Å². The van der Waals surface area contributed by atoms with Gasteiger partial charge in [-0.05, 0) is 25.7 Å². The minimum Gasteiger partial charge on any atom is -0.329 e.